The van der Waals surface area contributed by atoms with E-state index in [-0.39, 0.29) is 11.9 Å². The first-order valence-corrected chi connectivity index (χ1v) is 11.6. The highest BCUT2D eigenvalue weighted by Crippen LogP contribution is 2.38. The van der Waals surface area contributed by atoms with Gasteiger partial charge in [0.25, 0.3) is 5.91 Å². The molecule has 4 heterocycles. The fourth-order valence-electron chi connectivity index (χ4n) is 4.89. The van der Waals surface area contributed by atoms with E-state index < -0.39 is 0 Å². The third-order valence-corrected chi connectivity index (χ3v) is 6.21. The van der Waals surface area contributed by atoms with Crippen LogP contribution in [0.25, 0.3) is 10.9 Å². The molecule has 6 heteroatoms. The summed E-state index contributed by atoms with van der Waals surface area (Å²) in [5.74, 6) is 1.00. The number of benzene rings is 1. The highest BCUT2D eigenvalue weighted by atomic mass is 16.2. The number of hydrogen-bond acceptors (Lipinski definition) is 4. The number of aromatic amines is 1. The van der Waals surface area contributed by atoms with Gasteiger partial charge in [-0.2, -0.15) is 0 Å². The normalized spacial score (nSPS) is 15.8. The molecule has 1 aliphatic heterocycles. The third kappa shape index (κ3) is 4.01. The van der Waals surface area contributed by atoms with Crippen LogP contribution in [0.1, 0.15) is 64.5 Å². The molecular weight excluding hydrogens is 410 g/mol. The average molecular weight is 440 g/mol. The van der Waals surface area contributed by atoms with E-state index in [0.29, 0.717) is 24.0 Å². The lowest BCUT2D eigenvalue weighted by atomic mass is 9.94. The number of pyridine rings is 1. The van der Waals surface area contributed by atoms with E-state index in [1.165, 1.54) is 10.9 Å². The molecule has 0 aliphatic carbocycles. The summed E-state index contributed by atoms with van der Waals surface area (Å²) in [6.45, 7) is 8.75. The van der Waals surface area contributed by atoms with Gasteiger partial charge in [-0.25, -0.2) is 9.97 Å². The number of aromatic nitrogens is 4. The van der Waals surface area contributed by atoms with Gasteiger partial charge in [-0.05, 0) is 62.4 Å². The summed E-state index contributed by atoms with van der Waals surface area (Å²) in [6.07, 6.45) is 1.61. The Labute approximate surface area is 194 Å². The van der Waals surface area contributed by atoms with Gasteiger partial charge in [0.2, 0.25) is 0 Å². The Hall–Kier alpha value is -3.54. The third-order valence-electron chi connectivity index (χ3n) is 6.21. The Morgan fingerprint density at radius 2 is 1.91 bits per heavy atom. The summed E-state index contributed by atoms with van der Waals surface area (Å²) >= 11 is 0. The Morgan fingerprint density at radius 3 is 2.70 bits per heavy atom. The van der Waals surface area contributed by atoms with Crippen molar-refractivity contribution in [1.29, 1.82) is 0 Å². The van der Waals surface area contributed by atoms with Gasteiger partial charge in [-0.1, -0.05) is 38.1 Å². The lowest BCUT2D eigenvalue weighted by Gasteiger charge is -2.35. The van der Waals surface area contributed by atoms with Gasteiger partial charge < -0.3 is 9.88 Å². The lowest BCUT2D eigenvalue weighted by Crippen LogP contribution is -2.41. The molecule has 1 atom stereocenters. The zero-order valence-corrected chi connectivity index (χ0v) is 19.6. The molecule has 1 amide bonds. The molecule has 0 spiro atoms. The fraction of sp³-hybridized carbons (Fsp3) is 0.333. The van der Waals surface area contributed by atoms with E-state index in [1.54, 1.807) is 0 Å². The van der Waals surface area contributed by atoms with Crippen molar-refractivity contribution in [3.05, 3.63) is 88.4 Å². The number of nitrogens with zero attached hydrogens (tertiary/aromatic N) is 4. The van der Waals surface area contributed by atoms with Gasteiger partial charge in [0.1, 0.15) is 17.6 Å². The number of amides is 1. The maximum Gasteiger partial charge on any atom is 0.273 e. The highest BCUT2D eigenvalue weighted by Gasteiger charge is 2.36. The summed E-state index contributed by atoms with van der Waals surface area (Å²) in [7, 11) is 0. The van der Waals surface area contributed by atoms with Crippen molar-refractivity contribution in [1.82, 2.24) is 24.8 Å². The fourth-order valence-corrected chi connectivity index (χ4v) is 4.89. The molecule has 0 radical (unpaired) electrons. The molecule has 0 saturated heterocycles. The van der Waals surface area contributed by atoms with Crippen molar-refractivity contribution in [2.45, 2.75) is 46.6 Å². The lowest BCUT2D eigenvalue weighted by molar-refractivity contribution is 0.0681. The highest BCUT2D eigenvalue weighted by molar-refractivity contribution is 5.94. The second-order valence-electron chi connectivity index (χ2n) is 9.31. The number of carbonyl (C=O) groups is 1. The van der Waals surface area contributed by atoms with E-state index in [4.69, 9.17) is 4.98 Å². The molecule has 0 bridgehead atoms. The average Bonchev–Trinajstić information content (AvgIpc) is 3.15. The smallest absolute Gasteiger partial charge is 0.273 e. The molecule has 3 aromatic heterocycles. The Balaban J connectivity index is 1.62. The van der Waals surface area contributed by atoms with Crippen LogP contribution >= 0.6 is 0 Å². The minimum absolute atomic E-state index is 0.0804. The first-order chi connectivity index (χ1) is 15.9. The largest absolute Gasteiger partial charge is 0.356 e. The first-order valence-electron chi connectivity index (χ1n) is 11.6. The molecule has 4 aromatic rings. The molecule has 0 unspecified atom stereocenters. The number of aryl methyl sites for hydroxylation is 2. The van der Waals surface area contributed by atoms with Crippen LogP contribution in [0.15, 0.2) is 48.5 Å². The molecule has 6 nitrogen and oxygen atoms in total. The standard InChI is InChI=1S/C27H29N5O/c1-16(2)14-19-15-24(30-18(4)29-19)27(33)32-13-12-21-20-9-5-6-10-22(20)31-25(21)26(32)23-11-7-8-17(3)28-23/h5-11,15-16,26,31H,12-14H2,1-4H3/t26-/m1/s1. The van der Waals surface area contributed by atoms with E-state index in [2.05, 4.69) is 47.0 Å². The van der Waals surface area contributed by atoms with Crippen molar-refractivity contribution < 1.29 is 4.79 Å². The number of rotatable bonds is 4. The van der Waals surface area contributed by atoms with Crippen LogP contribution in [0.4, 0.5) is 0 Å². The minimum Gasteiger partial charge on any atom is -0.356 e. The molecule has 1 N–H and O–H groups in total. The van der Waals surface area contributed by atoms with Gasteiger partial charge in [0.05, 0.1) is 5.69 Å². The molecular formula is C27H29N5O. The van der Waals surface area contributed by atoms with Crippen molar-refractivity contribution in [2.75, 3.05) is 6.54 Å². The maximum absolute atomic E-state index is 13.9. The van der Waals surface area contributed by atoms with E-state index in [9.17, 15) is 4.79 Å². The molecule has 0 fully saturated rings. The Kier molecular flexibility index (Phi) is 5.44. The molecule has 5 rings (SSSR count). The van der Waals surface area contributed by atoms with Crippen LogP contribution < -0.4 is 0 Å². The van der Waals surface area contributed by atoms with E-state index >= 15 is 0 Å². The van der Waals surface area contributed by atoms with Crippen molar-refractivity contribution in [3.63, 3.8) is 0 Å². The minimum atomic E-state index is -0.294. The number of hydrogen-bond donors (Lipinski definition) is 1. The second kappa shape index (κ2) is 8.43. The van der Waals surface area contributed by atoms with Crippen molar-refractivity contribution >= 4 is 16.8 Å². The van der Waals surface area contributed by atoms with Crippen molar-refractivity contribution in [2.24, 2.45) is 5.92 Å². The van der Waals surface area contributed by atoms with Gasteiger partial charge in [0, 0.05) is 34.5 Å². The number of fused-ring (bicyclic) bond motifs is 3. The Bertz CT molecular complexity index is 1340. The summed E-state index contributed by atoms with van der Waals surface area (Å²) < 4.78 is 0. The number of nitrogens with one attached hydrogen (secondary N) is 1. The Morgan fingerprint density at radius 1 is 1.09 bits per heavy atom. The van der Waals surface area contributed by atoms with Crippen LogP contribution in [0.5, 0.6) is 0 Å². The SMILES string of the molecule is Cc1cccc([C@@H]2c3[nH]c4ccccc4c3CCN2C(=O)c2cc(CC(C)C)nc(C)n2)n1. The zero-order valence-electron chi connectivity index (χ0n) is 19.6. The topological polar surface area (TPSA) is 74.8 Å². The number of para-hydroxylation sites is 1. The number of H-pyrrole nitrogens is 1. The zero-order chi connectivity index (χ0) is 23.1. The van der Waals surface area contributed by atoms with Gasteiger partial charge in [-0.3, -0.25) is 9.78 Å². The van der Waals surface area contributed by atoms with E-state index in [1.807, 2.05) is 49.1 Å². The van der Waals surface area contributed by atoms with Gasteiger partial charge in [-0.15, -0.1) is 0 Å². The van der Waals surface area contributed by atoms with Gasteiger partial charge >= 0.3 is 0 Å². The van der Waals surface area contributed by atoms with Crippen LogP contribution in [-0.2, 0) is 12.8 Å². The van der Waals surface area contributed by atoms with Crippen molar-refractivity contribution in [3.8, 4) is 0 Å². The predicted octanol–water partition coefficient (Wildman–Crippen LogP) is 4.96. The molecule has 0 saturated carbocycles. The predicted molar refractivity (Wildman–Crippen MR) is 129 cm³/mol. The van der Waals surface area contributed by atoms with Crippen LogP contribution in [0.2, 0.25) is 0 Å². The maximum atomic E-state index is 13.9. The molecule has 1 aromatic carbocycles. The second-order valence-corrected chi connectivity index (χ2v) is 9.31. The summed E-state index contributed by atoms with van der Waals surface area (Å²) in [4.78, 5) is 33.3. The quantitative estimate of drug-likeness (QED) is 0.488. The monoisotopic (exact) mass is 439 g/mol. The molecule has 33 heavy (non-hydrogen) atoms. The van der Waals surface area contributed by atoms with Crippen LogP contribution in [0, 0.1) is 19.8 Å². The summed E-state index contributed by atoms with van der Waals surface area (Å²) in [5.41, 5.74) is 6.56. The van der Waals surface area contributed by atoms with E-state index in [0.717, 1.165) is 41.1 Å². The van der Waals surface area contributed by atoms with Crippen LogP contribution in [-0.4, -0.2) is 37.3 Å². The summed E-state index contributed by atoms with van der Waals surface area (Å²) in [5, 5.41) is 1.22. The summed E-state index contributed by atoms with van der Waals surface area (Å²) in [6, 6.07) is 15.9. The van der Waals surface area contributed by atoms with Gasteiger partial charge in [0.15, 0.2) is 0 Å². The number of carbonyl (C=O) groups excluding carboxylic acids is 1. The first kappa shape index (κ1) is 21.3. The molecule has 168 valence electrons. The van der Waals surface area contributed by atoms with Crippen LogP contribution in [0.3, 0.4) is 0 Å². The molecule has 1 aliphatic rings.